The molecule has 0 aliphatic carbocycles. The van der Waals surface area contributed by atoms with Crippen LogP contribution in [-0.4, -0.2) is 6.54 Å². The molecular weight excluding hydrogens is 242 g/mol. The lowest BCUT2D eigenvalue weighted by Gasteiger charge is -2.24. The Morgan fingerprint density at radius 1 is 0.750 bits per heavy atom. The third-order valence-electron chi connectivity index (χ3n) is 4.44. The minimum atomic E-state index is 0.541. The fourth-order valence-electron chi connectivity index (χ4n) is 3.31. The molecule has 3 aromatic rings. The first kappa shape index (κ1) is 11.9. The second-order valence-electron chi connectivity index (χ2n) is 5.81. The van der Waals surface area contributed by atoms with Crippen molar-refractivity contribution in [2.75, 3.05) is 6.54 Å². The van der Waals surface area contributed by atoms with Crippen molar-refractivity contribution < 1.29 is 0 Å². The number of hydrogen-bond donors (Lipinski definition) is 1. The van der Waals surface area contributed by atoms with Crippen LogP contribution >= 0.6 is 0 Å². The Morgan fingerprint density at radius 2 is 1.50 bits per heavy atom. The van der Waals surface area contributed by atoms with E-state index in [1.54, 1.807) is 0 Å². The molecule has 1 heterocycles. The lowest BCUT2D eigenvalue weighted by atomic mass is 9.94. The summed E-state index contributed by atoms with van der Waals surface area (Å²) < 4.78 is 0. The summed E-state index contributed by atoms with van der Waals surface area (Å²) in [5.74, 6) is 0. The number of hydrogen-bond acceptors (Lipinski definition) is 1. The average Bonchev–Trinajstić information content (AvgIpc) is 2.53. The molecule has 1 nitrogen and oxygen atoms in total. The molecule has 0 unspecified atom stereocenters. The SMILES string of the molecule is c1ccc2cc3cc([C@H]4CCCCN4)ccc3cc2c1. The van der Waals surface area contributed by atoms with E-state index in [-0.39, 0.29) is 0 Å². The van der Waals surface area contributed by atoms with Crippen molar-refractivity contribution in [1.82, 2.24) is 5.32 Å². The maximum Gasteiger partial charge on any atom is 0.0320 e. The van der Waals surface area contributed by atoms with Gasteiger partial charge in [0.05, 0.1) is 0 Å². The first-order valence-electron chi connectivity index (χ1n) is 7.56. The highest BCUT2D eigenvalue weighted by atomic mass is 14.9. The Morgan fingerprint density at radius 3 is 2.25 bits per heavy atom. The monoisotopic (exact) mass is 261 g/mol. The molecule has 3 aromatic carbocycles. The van der Waals surface area contributed by atoms with Crippen LogP contribution in [0.25, 0.3) is 21.5 Å². The molecule has 1 aliphatic rings. The number of fused-ring (bicyclic) bond motifs is 2. The lowest BCUT2D eigenvalue weighted by Crippen LogP contribution is -2.26. The molecule has 0 spiro atoms. The van der Waals surface area contributed by atoms with Crippen molar-refractivity contribution in [3.8, 4) is 0 Å². The summed E-state index contributed by atoms with van der Waals surface area (Å²) >= 11 is 0. The van der Waals surface area contributed by atoms with Crippen LogP contribution in [-0.2, 0) is 0 Å². The molecule has 1 heteroatoms. The molecule has 1 aliphatic heterocycles. The van der Waals surface area contributed by atoms with Gasteiger partial charge in [-0.25, -0.2) is 0 Å². The van der Waals surface area contributed by atoms with Gasteiger partial charge in [0.2, 0.25) is 0 Å². The Balaban J connectivity index is 1.83. The van der Waals surface area contributed by atoms with E-state index in [9.17, 15) is 0 Å². The van der Waals surface area contributed by atoms with Crippen molar-refractivity contribution in [2.24, 2.45) is 0 Å². The van der Waals surface area contributed by atoms with E-state index in [0.717, 1.165) is 6.54 Å². The Hall–Kier alpha value is -1.86. The molecule has 0 saturated carbocycles. The Bertz CT molecular complexity index is 754. The highest BCUT2D eigenvalue weighted by molar-refractivity contribution is 5.98. The molecular formula is C19H19N. The van der Waals surface area contributed by atoms with Crippen molar-refractivity contribution in [3.63, 3.8) is 0 Å². The van der Waals surface area contributed by atoms with Crippen LogP contribution in [0.3, 0.4) is 0 Å². The quantitative estimate of drug-likeness (QED) is 0.620. The third kappa shape index (κ3) is 2.08. The summed E-state index contributed by atoms with van der Waals surface area (Å²) in [6.45, 7) is 1.15. The topological polar surface area (TPSA) is 12.0 Å². The van der Waals surface area contributed by atoms with Crippen molar-refractivity contribution in [3.05, 3.63) is 60.2 Å². The van der Waals surface area contributed by atoms with Gasteiger partial charge < -0.3 is 5.32 Å². The van der Waals surface area contributed by atoms with Gasteiger partial charge in [-0.15, -0.1) is 0 Å². The smallest absolute Gasteiger partial charge is 0.0320 e. The largest absolute Gasteiger partial charge is 0.310 e. The number of nitrogens with one attached hydrogen (secondary N) is 1. The third-order valence-corrected chi connectivity index (χ3v) is 4.44. The number of benzene rings is 3. The van der Waals surface area contributed by atoms with E-state index in [4.69, 9.17) is 0 Å². The van der Waals surface area contributed by atoms with E-state index in [2.05, 4.69) is 59.9 Å². The van der Waals surface area contributed by atoms with E-state index in [0.29, 0.717) is 6.04 Å². The van der Waals surface area contributed by atoms with Gasteiger partial charge >= 0.3 is 0 Å². The molecule has 0 aromatic heterocycles. The molecule has 100 valence electrons. The summed E-state index contributed by atoms with van der Waals surface area (Å²) in [5, 5.41) is 8.98. The standard InChI is InChI=1S/C19H19N/c1-2-6-15-12-18-13-17(19-7-3-4-10-20-19)9-8-16(18)11-14(15)5-1/h1-2,5-6,8-9,11-13,19-20H,3-4,7,10H2/t19-/m1/s1. The van der Waals surface area contributed by atoms with Crippen molar-refractivity contribution in [1.29, 1.82) is 0 Å². The summed E-state index contributed by atoms with van der Waals surface area (Å²) in [6, 6.07) is 20.7. The summed E-state index contributed by atoms with van der Waals surface area (Å²) in [4.78, 5) is 0. The van der Waals surface area contributed by atoms with Gasteiger partial charge in [-0.3, -0.25) is 0 Å². The maximum absolute atomic E-state index is 3.64. The summed E-state index contributed by atoms with van der Waals surface area (Å²) in [5.41, 5.74) is 1.44. The molecule has 4 rings (SSSR count). The van der Waals surface area contributed by atoms with Gasteiger partial charge in [0.25, 0.3) is 0 Å². The first-order chi connectivity index (χ1) is 9.90. The second-order valence-corrected chi connectivity index (χ2v) is 5.81. The van der Waals surface area contributed by atoms with Crippen molar-refractivity contribution >= 4 is 21.5 Å². The van der Waals surface area contributed by atoms with Crippen molar-refractivity contribution in [2.45, 2.75) is 25.3 Å². The van der Waals surface area contributed by atoms with Gasteiger partial charge in [-0.1, -0.05) is 42.8 Å². The molecule has 0 amide bonds. The zero-order valence-electron chi connectivity index (χ0n) is 11.6. The maximum atomic E-state index is 3.64. The van der Waals surface area contributed by atoms with E-state index < -0.39 is 0 Å². The van der Waals surface area contributed by atoms with Crippen LogP contribution in [0.5, 0.6) is 0 Å². The van der Waals surface area contributed by atoms with Gasteiger partial charge in [0.1, 0.15) is 0 Å². The van der Waals surface area contributed by atoms with E-state index >= 15 is 0 Å². The minimum Gasteiger partial charge on any atom is -0.310 e. The second kappa shape index (κ2) is 4.92. The molecule has 0 radical (unpaired) electrons. The first-order valence-corrected chi connectivity index (χ1v) is 7.56. The van der Waals surface area contributed by atoms with E-state index in [1.165, 1.54) is 46.4 Å². The highest BCUT2D eigenvalue weighted by Crippen LogP contribution is 2.28. The van der Waals surface area contributed by atoms with Crippen LogP contribution in [0.2, 0.25) is 0 Å². The van der Waals surface area contributed by atoms with Gasteiger partial charge in [0.15, 0.2) is 0 Å². The van der Waals surface area contributed by atoms with Crippen LogP contribution in [0, 0.1) is 0 Å². The molecule has 1 saturated heterocycles. The molecule has 1 atom stereocenters. The Labute approximate surface area is 119 Å². The lowest BCUT2D eigenvalue weighted by molar-refractivity contribution is 0.412. The highest BCUT2D eigenvalue weighted by Gasteiger charge is 2.14. The predicted octanol–water partition coefficient (Wildman–Crippen LogP) is 4.81. The van der Waals surface area contributed by atoms with Gasteiger partial charge in [-0.05, 0) is 64.7 Å². The Kier molecular flexibility index (Phi) is 2.93. The average molecular weight is 261 g/mol. The molecule has 1 fully saturated rings. The zero-order valence-corrected chi connectivity index (χ0v) is 11.6. The fraction of sp³-hybridized carbons (Fsp3) is 0.263. The predicted molar refractivity (Wildman–Crippen MR) is 86.0 cm³/mol. The summed E-state index contributed by atoms with van der Waals surface area (Å²) in [7, 11) is 0. The van der Waals surface area contributed by atoms with Gasteiger partial charge in [0, 0.05) is 6.04 Å². The molecule has 0 bridgehead atoms. The van der Waals surface area contributed by atoms with Crippen LogP contribution < -0.4 is 5.32 Å². The number of piperidine rings is 1. The zero-order chi connectivity index (χ0) is 13.4. The normalized spacial score (nSPS) is 19.5. The minimum absolute atomic E-state index is 0.541. The van der Waals surface area contributed by atoms with Crippen LogP contribution in [0.1, 0.15) is 30.9 Å². The molecule has 1 N–H and O–H groups in total. The van der Waals surface area contributed by atoms with Gasteiger partial charge in [-0.2, -0.15) is 0 Å². The van der Waals surface area contributed by atoms with E-state index in [1.807, 2.05) is 0 Å². The van der Waals surface area contributed by atoms with Crippen LogP contribution in [0.15, 0.2) is 54.6 Å². The number of rotatable bonds is 1. The molecule has 20 heavy (non-hydrogen) atoms. The fourth-order valence-corrected chi connectivity index (χ4v) is 3.31. The summed E-state index contributed by atoms with van der Waals surface area (Å²) in [6.07, 6.45) is 3.92. The van der Waals surface area contributed by atoms with Crippen LogP contribution in [0.4, 0.5) is 0 Å².